The number of carbonyl (C=O) groups excluding carboxylic acids is 1. The van der Waals surface area contributed by atoms with Crippen LogP contribution in [0.15, 0.2) is 12.2 Å². The molecular formula is C13H24O2. The van der Waals surface area contributed by atoms with Crippen molar-refractivity contribution in [3.63, 3.8) is 0 Å². The summed E-state index contributed by atoms with van der Waals surface area (Å²) in [4.78, 5) is 9.96. The number of aliphatic hydroxyl groups excluding tert-OH is 1. The third-order valence-corrected chi connectivity index (χ3v) is 2.59. The summed E-state index contributed by atoms with van der Waals surface area (Å²) in [7, 11) is 0. The molecule has 0 spiro atoms. The second-order valence-electron chi connectivity index (χ2n) is 4.20. The molecule has 0 aliphatic carbocycles. The second-order valence-corrected chi connectivity index (χ2v) is 4.20. The molecule has 0 aromatic heterocycles. The largest absolute Gasteiger partial charge is 0.396 e. The molecule has 0 amide bonds. The van der Waals surface area contributed by atoms with Crippen molar-refractivity contribution in [1.82, 2.24) is 0 Å². The lowest BCUT2D eigenvalue weighted by Gasteiger charge is -2.06. The highest BCUT2D eigenvalue weighted by molar-refractivity contribution is 5.64. The van der Waals surface area contributed by atoms with E-state index in [4.69, 9.17) is 5.11 Å². The standard InChI is InChI=1S/C13H24O2/c1-13(12-15)10-8-6-4-2-3-5-7-9-11-14/h7,9,11,13,15H,2-6,8,10,12H2,1H3/b9-7+. The SMILES string of the molecule is CC(CO)CCCCCCC/C=C/C=O. The molecule has 0 aliphatic heterocycles. The van der Waals surface area contributed by atoms with Crippen LogP contribution >= 0.6 is 0 Å². The van der Waals surface area contributed by atoms with Crippen LogP contribution in [0.3, 0.4) is 0 Å². The van der Waals surface area contributed by atoms with E-state index < -0.39 is 0 Å². The number of aldehydes is 1. The van der Waals surface area contributed by atoms with Gasteiger partial charge in [-0.1, -0.05) is 38.7 Å². The predicted molar refractivity (Wildman–Crippen MR) is 63.8 cm³/mol. The zero-order chi connectivity index (χ0) is 11.4. The minimum Gasteiger partial charge on any atom is -0.396 e. The fraction of sp³-hybridized carbons (Fsp3) is 0.769. The average Bonchev–Trinajstić information content (AvgIpc) is 2.26. The van der Waals surface area contributed by atoms with Crippen molar-refractivity contribution in [3.8, 4) is 0 Å². The highest BCUT2D eigenvalue weighted by Gasteiger charge is 1.98. The van der Waals surface area contributed by atoms with E-state index in [0.717, 1.165) is 19.1 Å². The van der Waals surface area contributed by atoms with E-state index in [0.29, 0.717) is 12.5 Å². The van der Waals surface area contributed by atoms with Gasteiger partial charge in [0, 0.05) is 6.61 Å². The molecule has 0 fully saturated rings. The highest BCUT2D eigenvalue weighted by Crippen LogP contribution is 2.11. The fourth-order valence-electron chi connectivity index (χ4n) is 1.53. The summed E-state index contributed by atoms with van der Waals surface area (Å²) in [6, 6.07) is 0. The molecule has 1 atom stereocenters. The lowest BCUT2D eigenvalue weighted by Crippen LogP contribution is -1.99. The Morgan fingerprint density at radius 2 is 1.80 bits per heavy atom. The van der Waals surface area contributed by atoms with Crippen LogP contribution in [0.5, 0.6) is 0 Å². The first-order chi connectivity index (χ1) is 7.31. The van der Waals surface area contributed by atoms with Crippen molar-refractivity contribution < 1.29 is 9.90 Å². The van der Waals surface area contributed by atoms with E-state index in [1.807, 2.05) is 6.08 Å². The summed E-state index contributed by atoms with van der Waals surface area (Å²) in [6.45, 7) is 2.40. The van der Waals surface area contributed by atoms with E-state index in [1.165, 1.54) is 32.1 Å². The van der Waals surface area contributed by atoms with Crippen LogP contribution in [0.25, 0.3) is 0 Å². The predicted octanol–water partition coefficient (Wildman–Crippen LogP) is 3.10. The minimum atomic E-state index is 0.316. The molecule has 0 aromatic rings. The number of aliphatic hydroxyl groups is 1. The van der Waals surface area contributed by atoms with E-state index in [2.05, 4.69) is 6.92 Å². The Hall–Kier alpha value is -0.630. The average molecular weight is 212 g/mol. The number of hydrogen-bond acceptors (Lipinski definition) is 2. The molecule has 0 aliphatic rings. The summed E-state index contributed by atoms with van der Waals surface area (Å²) in [5.41, 5.74) is 0. The van der Waals surface area contributed by atoms with E-state index in [1.54, 1.807) is 6.08 Å². The van der Waals surface area contributed by atoms with Gasteiger partial charge in [0.15, 0.2) is 0 Å². The molecule has 2 heteroatoms. The van der Waals surface area contributed by atoms with Crippen LogP contribution < -0.4 is 0 Å². The molecule has 1 unspecified atom stereocenters. The summed E-state index contributed by atoms with van der Waals surface area (Å²) in [5, 5.41) is 8.82. The molecule has 0 saturated carbocycles. The van der Waals surface area contributed by atoms with Crippen molar-refractivity contribution >= 4 is 6.29 Å². The zero-order valence-electron chi connectivity index (χ0n) is 9.82. The van der Waals surface area contributed by atoms with Gasteiger partial charge in [0.05, 0.1) is 0 Å². The first kappa shape index (κ1) is 14.4. The minimum absolute atomic E-state index is 0.316. The molecule has 15 heavy (non-hydrogen) atoms. The Morgan fingerprint density at radius 1 is 1.13 bits per heavy atom. The normalized spacial score (nSPS) is 13.2. The number of allylic oxidation sites excluding steroid dienone is 2. The quantitative estimate of drug-likeness (QED) is 0.343. The first-order valence-corrected chi connectivity index (χ1v) is 6.02. The first-order valence-electron chi connectivity index (χ1n) is 6.02. The van der Waals surface area contributed by atoms with Crippen LogP contribution in [0.4, 0.5) is 0 Å². The van der Waals surface area contributed by atoms with Crippen molar-refractivity contribution in [3.05, 3.63) is 12.2 Å². The van der Waals surface area contributed by atoms with Gasteiger partial charge in [-0.25, -0.2) is 0 Å². The van der Waals surface area contributed by atoms with Gasteiger partial charge in [-0.15, -0.1) is 0 Å². The van der Waals surface area contributed by atoms with Gasteiger partial charge in [0.25, 0.3) is 0 Å². The molecule has 2 nitrogen and oxygen atoms in total. The maximum absolute atomic E-state index is 9.96. The molecule has 0 rings (SSSR count). The lowest BCUT2D eigenvalue weighted by molar-refractivity contribution is -0.104. The van der Waals surface area contributed by atoms with Crippen LogP contribution in [-0.2, 0) is 4.79 Å². The number of hydrogen-bond donors (Lipinski definition) is 1. The molecule has 88 valence electrons. The Kier molecular flexibility index (Phi) is 11.0. The van der Waals surface area contributed by atoms with Crippen molar-refractivity contribution in [2.75, 3.05) is 6.61 Å². The molecule has 0 heterocycles. The Morgan fingerprint density at radius 3 is 2.47 bits per heavy atom. The lowest BCUT2D eigenvalue weighted by atomic mass is 10.0. The van der Waals surface area contributed by atoms with Gasteiger partial charge in [0.2, 0.25) is 0 Å². The topological polar surface area (TPSA) is 37.3 Å². The third-order valence-electron chi connectivity index (χ3n) is 2.59. The Balaban J connectivity index is 3.05. The zero-order valence-corrected chi connectivity index (χ0v) is 9.82. The molecule has 1 N–H and O–H groups in total. The van der Waals surface area contributed by atoms with Crippen molar-refractivity contribution in [2.24, 2.45) is 5.92 Å². The highest BCUT2D eigenvalue weighted by atomic mass is 16.3. The second kappa shape index (κ2) is 11.4. The molecule has 0 bridgehead atoms. The van der Waals surface area contributed by atoms with Gasteiger partial charge in [-0.3, -0.25) is 4.79 Å². The van der Waals surface area contributed by atoms with Crippen LogP contribution in [-0.4, -0.2) is 18.0 Å². The summed E-state index contributed by atoms with van der Waals surface area (Å²) >= 11 is 0. The number of carbonyl (C=O) groups is 1. The maximum Gasteiger partial charge on any atom is 0.142 e. The fourth-order valence-corrected chi connectivity index (χ4v) is 1.53. The monoisotopic (exact) mass is 212 g/mol. The number of rotatable bonds is 10. The van der Waals surface area contributed by atoms with Gasteiger partial charge in [-0.05, 0) is 31.3 Å². The summed E-state index contributed by atoms with van der Waals surface area (Å²) in [6.07, 6.45) is 12.7. The van der Waals surface area contributed by atoms with Crippen LogP contribution in [0.1, 0.15) is 51.9 Å². The van der Waals surface area contributed by atoms with Gasteiger partial charge < -0.3 is 5.11 Å². The molecule has 0 saturated heterocycles. The maximum atomic E-state index is 9.96. The third kappa shape index (κ3) is 11.3. The van der Waals surface area contributed by atoms with Crippen molar-refractivity contribution in [2.45, 2.75) is 51.9 Å². The smallest absolute Gasteiger partial charge is 0.142 e. The Bertz CT molecular complexity index is 164. The molecule has 0 radical (unpaired) electrons. The van der Waals surface area contributed by atoms with Crippen molar-refractivity contribution in [1.29, 1.82) is 0 Å². The van der Waals surface area contributed by atoms with E-state index >= 15 is 0 Å². The molecular weight excluding hydrogens is 188 g/mol. The van der Waals surface area contributed by atoms with Gasteiger partial charge >= 0.3 is 0 Å². The van der Waals surface area contributed by atoms with Crippen LogP contribution in [0, 0.1) is 5.92 Å². The number of unbranched alkanes of at least 4 members (excludes halogenated alkanes) is 5. The van der Waals surface area contributed by atoms with Crippen LogP contribution in [0.2, 0.25) is 0 Å². The van der Waals surface area contributed by atoms with Gasteiger partial charge in [-0.2, -0.15) is 0 Å². The van der Waals surface area contributed by atoms with Gasteiger partial charge in [0.1, 0.15) is 6.29 Å². The van der Waals surface area contributed by atoms with E-state index in [9.17, 15) is 4.79 Å². The Labute approximate surface area is 93.4 Å². The molecule has 0 aromatic carbocycles. The van der Waals surface area contributed by atoms with E-state index in [-0.39, 0.29) is 0 Å². The summed E-state index contributed by atoms with van der Waals surface area (Å²) in [5.74, 6) is 0.459. The summed E-state index contributed by atoms with van der Waals surface area (Å²) < 4.78 is 0.